The SMILES string of the molecule is CCS(=O)(=O)c1c(O)ccn(C)c1=O. The summed E-state index contributed by atoms with van der Waals surface area (Å²) in [5.41, 5.74) is -0.702. The van der Waals surface area contributed by atoms with Crippen molar-refractivity contribution in [2.24, 2.45) is 7.05 Å². The highest BCUT2D eigenvalue weighted by molar-refractivity contribution is 7.91. The van der Waals surface area contributed by atoms with Crippen LogP contribution in [-0.4, -0.2) is 23.8 Å². The first-order valence-electron chi connectivity index (χ1n) is 4.01. The summed E-state index contributed by atoms with van der Waals surface area (Å²) in [5, 5.41) is 9.29. The third kappa shape index (κ3) is 1.65. The van der Waals surface area contributed by atoms with Crippen molar-refractivity contribution >= 4 is 9.84 Å². The average molecular weight is 217 g/mol. The summed E-state index contributed by atoms with van der Waals surface area (Å²) in [6.07, 6.45) is 1.31. The van der Waals surface area contributed by atoms with Gasteiger partial charge in [0.05, 0.1) is 5.75 Å². The summed E-state index contributed by atoms with van der Waals surface area (Å²) >= 11 is 0. The molecule has 0 aromatic carbocycles. The molecule has 0 saturated heterocycles. The van der Waals surface area contributed by atoms with Crippen LogP contribution in [0.5, 0.6) is 5.75 Å². The maximum absolute atomic E-state index is 11.4. The lowest BCUT2D eigenvalue weighted by Gasteiger charge is -2.05. The molecular weight excluding hydrogens is 206 g/mol. The Labute approximate surface area is 81.5 Å². The quantitative estimate of drug-likeness (QED) is 0.749. The Hall–Kier alpha value is -1.30. The van der Waals surface area contributed by atoms with Crippen molar-refractivity contribution in [2.75, 3.05) is 5.75 Å². The summed E-state index contributed by atoms with van der Waals surface area (Å²) in [6.45, 7) is 1.42. The number of aryl methyl sites for hydroxylation is 1. The summed E-state index contributed by atoms with van der Waals surface area (Å²) in [4.78, 5) is 10.9. The third-order valence-electron chi connectivity index (χ3n) is 1.89. The zero-order valence-corrected chi connectivity index (χ0v) is 8.71. The number of hydrogen-bond acceptors (Lipinski definition) is 4. The van der Waals surface area contributed by atoms with Crippen LogP contribution in [0.2, 0.25) is 0 Å². The van der Waals surface area contributed by atoms with Crippen LogP contribution >= 0.6 is 0 Å². The van der Waals surface area contributed by atoms with Crippen LogP contribution in [0.25, 0.3) is 0 Å². The molecule has 1 rings (SSSR count). The van der Waals surface area contributed by atoms with E-state index in [9.17, 15) is 18.3 Å². The van der Waals surface area contributed by atoms with Crippen LogP contribution in [0.3, 0.4) is 0 Å². The largest absolute Gasteiger partial charge is 0.506 e. The van der Waals surface area contributed by atoms with Crippen molar-refractivity contribution in [3.05, 3.63) is 22.6 Å². The zero-order valence-electron chi connectivity index (χ0n) is 7.89. The zero-order chi connectivity index (χ0) is 10.9. The Balaban J connectivity index is 3.66. The molecule has 0 unspecified atom stereocenters. The molecule has 0 atom stereocenters. The number of aromatic hydroxyl groups is 1. The van der Waals surface area contributed by atoms with Gasteiger partial charge < -0.3 is 9.67 Å². The number of nitrogens with zero attached hydrogens (tertiary/aromatic N) is 1. The molecule has 0 bridgehead atoms. The second-order valence-electron chi connectivity index (χ2n) is 2.85. The van der Waals surface area contributed by atoms with Gasteiger partial charge in [0.25, 0.3) is 5.56 Å². The van der Waals surface area contributed by atoms with E-state index in [1.807, 2.05) is 0 Å². The van der Waals surface area contributed by atoms with Gasteiger partial charge in [0, 0.05) is 13.2 Å². The lowest BCUT2D eigenvalue weighted by atomic mass is 10.4. The molecule has 14 heavy (non-hydrogen) atoms. The lowest BCUT2D eigenvalue weighted by Crippen LogP contribution is -2.24. The Kier molecular flexibility index (Phi) is 2.66. The predicted molar refractivity (Wildman–Crippen MR) is 51.1 cm³/mol. The maximum atomic E-state index is 11.4. The molecule has 78 valence electrons. The summed E-state index contributed by atoms with van der Waals surface area (Å²) in [7, 11) is -2.24. The number of aromatic nitrogens is 1. The van der Waals surface area contributed by atoms with Gasteiger partial charge in [-0.2, -0.15) is 0 Å². The molecule has 1 aromatic rings. The van der Waals surface area contributed by atoms with Crippen molar-refractivity contribution in [3.63, 3.8) is 0 Å². The molecule has 0 saturated carbocycles. The van der Waals surface area contributed by atoms with E-state index >= 15 is 0 Å². The smallest absolute Gasteiger partial charge is 0.272 e. The van der Waals surface area contributed by atoms with Gasteiger partial charge in [0.1, 0.15) is 5.75 Å². The molecular formula is C8H11NO4S. The van der Waals surface area contributed by atoms with E-state index < -0.39 is 26.0 Å². The predicted octanol–water partition coefficient (Wildman–Crippen LogP) is -0.115. The van der Waals surface area contributed by atoms with E-state index in [1.165, 1.54) is 26.2 Å². The minimum absolute atomic E-state index is 0.209. The van der Waals surface area contributed by atoms with E-state index in [0.29, 0.717) is 0 Å². The number of sulfone groups is 1. The molecule has 0 spiro atoms. The van der Waals surface area contributed by atoms with Gasteiger partial charge in [-0.25, -0.2) is 8.42 Å². The van der Waals surface area contributed by atoms with E-state index in [2.05, 4.69) is 0 Å². The Morgan fingerprint density at radius 3 is 2.57 bits per heavy atom. The first-order chi connectivity index (χ1) is 6.40. The van der Waals surface area contributed by atoms with Crippen LogP contribution in [-0.2, 0) is 16.9 Å². The molecule has 0 fully saturated rings. The lowest BCUT2D eigenvalue weighted by molar-refractivity contribution is 0.453. The molecule has 0 aliphatic carbocycles. The molecule has 0 aliphatic heterocycles. The van der Waals surface area contributed by atoms with Gasteiger partial charge >= 0.3 is 0 Å². The summed E-state index contributed by atoms with van der Waals surface area (Å²) < 4.78 is 24.0. The second-order valence-corrected chi connectivity index (χ2v) is 5.06. The van der Waals surface area contributed by atoms with Crippen LogP contribution in [0.1, 0.15) is 6.92 Å². The van der Waals surface area contributed by atoms with Gasteiger partial charge in [-0.1, -0.05) is 6.92 Å². The molecule has 1 N–H and O–H groups in total. The van der Waals surface area contributed by atoms with Crippen molar-refractivity contribution in [2.45, 2.75) is 11.8 Å². The monoisotopic (exact) mass is 217 g/mol. The van der Waals surface area contributed by atoms with Gasteiger partial charge in [-0.15, -0.1) is 0 Å². The fourth-order valence-corrected chi connectivity index (χ4v) is 2.12. The van der Waals surface area contributed by atoms with Crippen molar-refractivity contribution in [1.82, 2.24) is 4.57 Å². The van der Waals surface area contributed by atoms with Gasteiger partial charge in [-0.3, -0.25) is 4.79 Å². The van der Waals surface area contributed by atoms with Crippen molar-refractivity contribution in [1.29, 1.82) is 0 Å². The first-order valence-corrected chi connectivity index (χ1v) is 5.66. The fourth-order valence-electron chi connectivity index (χ4n) is 1.03. The Bertz CT molecular complexity index is 501. The first kappa shape index (κ1) is 10.8. The molecule has 0 amide bonds. The average Bonchev–Trinajstić information content (AvgIpc) is 2.12. The maximum Gasteiger partial charge on any atom is 0.272 e. The summed E-state index contributed by atoms with van der Waals surface area (Å²) in [6, 6.07) is 1.18. The number of pyridine rings is 1. The minimum Gasteiger partial charge on any atom is -0.506 e. The van der Waals surface area contributed by atoms with E-state index in [0.717, 1.165) is 4.57 Å². The van der Waals surface area contributed by atoms with Crippen LogP contribution in [0, 0.1) is 0 Å². The normalized spacial score (nSPS) is 11.6. The van der Waals surface area contributed by atoms with Gasteiger partial charge in [-0.05, 0) is 6.07 Å². The van der Waals surface area contributed by atoms with E-state index in [4.69, 9.17) is 0 Å². The highest BCUT2D eigenvalue weighted by atomic mass is 32.2. The van der Waals surface area contributed by atoms with Crippen LogP contribution in [0.15, 0.2) is 22.0 Å². The second kappa shape index (κ2) is 3.45. The van der Waals surface area contributed by atoms with Gasteiger partial charge in [0.15, 0.2) is 14.7 Å². The number of hydrogen-bond donors (Lipinski definition) is 1. The molecule has 1 heterocycles. The minimum atomic E-state index is -3.67. The van der Waals surface area contributed by atoms with Crippen molar-refractivity contribution < 1.29 is 13.5 Å². The Morgan fingerprint density at radius 1 is 1.50 bits per heavy atom. The number of rotatable bonds is 2. The standard InChI is InChI=1S/C8H11NO4S/c1-3-14(12,13)7-6(10)4-5-9(2)8(7)11/h4-5,10H,3H2,1-2H3. The van der Waals surface area contributed by atoms with E-state index in [1.54, 1.807) is 0 Å². The molecule has 5 nitrogen and oxygen atoms in total. The highest BCUT2D eigenvalue weighted by Crippen LogP contribution is 2.18. The fraction of sp³-hybridized carbons (Fsp3) is 0.375. The molecule has 1 aromatic heterocycles. The highest BCUT2D eigenvalue weighted by Gasteiger charge is 2.21. The Morgan fingerprint density at radius 2 is 2.07 bits per heavy atom. The molecule has 0 radical (unpaired) electrons. The third-order valence-corrected chi connectivity index (χ3v) is 3.66. The molecule has 0 aliphatic rings. The molecule has 6 heteroatoms. The topological polar surface area (TPSA) is 76.4 Å². The van der Waals surface area contributed by atoms with Crippen LogP contribution in [0.4, 0.5) is 0 Å². The van der Waals surface area contributed by atoms with Crippen LogP contribution < -0.4 is 5.56 Å². The van der Waals surface area contributed by atoms with Crippen molar-refractivity contribution in [3.8, 4) is 5.75 Å². The summed E-state index contributed by atoms with van der Waals surface area (Å²) in [5.74, 6) is -0.699. The van der Waals surface area contributed by atoms with E-state index in [-0.39, 0.29) is 5.75 Å². The van der Waals surface area contributed by atoms with Gasteiger partial charge in [0.2, 0.25) is 0 Å².